The van der Waals surface area contributed by atoms with Gasteiger partial charge in [0.05, 0.1) is 0 Å². The van der Waals surface area contributed by atoms with Crippen molar-refractivity contribution < 1.29 is 19.7 Å². The monoisotopic (exact) mass is 215 g/mol. The second kappa shape index (κ2) is 4.84. The topological polar surface area (TPSA) is 55.4 Å². The predicted molar refractivity (Wildman–Crippen MR) is 53.5 cm³/mol. The molecule has 4 heteroatoms. The van der Waals surface area contributed by atoms with Gasteiger partial charge >= 0.3 is 6.16 Å². The van der Waals surface area contributed by atoms with Crippen molar-refractivity contribution in [2.75, 3.05) is 0 Å². The molecule has 1 fully saturated rings. The largest absolute Gasteiger partial charge is 0.543 e. The van der Waals surface area contributed by atoms with Crippen LogP contribution in [0.15, 0.2) is 0 Å². The van der Waals surface area contributed by atoms with E-state index >= 15 is 0 Å². The predicted octanol–water partition coefficient (Wildman–Crippen LogP) is 3.09. The van der Waals surface area contributed by atoms with E-state index in [1.165, 1.54) is 0 Å². The smallest absolute Gasteiger partial charge is 0.429 e. The molecule has 0 unspecified atom stereocenters. The molecule has 0 spiro atoms. The van der Waals surface area contributed by atoms with Gasteiger partial charge in [0, 0.05) is 5.26 Å². The molecule has 15 heavy (non-hydrogen) atoms. The summed E-state index contributed by atoms with van der Waals surface area (Å²) in [4.78, 5) is 13.8. The quantitative estimate of drug-likeness (QED) is 0.383. The fraction of sp³-hybridized carbons (Fsp3) is 0.909. The average Bonchev–Trinajstić information content (AvgIpc) is 2.17. The Morgan fingerprint density at radius 2 is 1.67 bits per heavy atom. The molecule has 87 valence electrons. The molecule has 0 atom stereocenters. The van der Waals surface area contributed by atoms with Gasteiger partial charge in [0.1, 0.15) is 6.10 Å². The third-order valence-corrected chi connectivity index (χ3v) is 3.23. The van der Waals surface area contributed by atoms with Gasteiger partial charge in [-0.2, -0.15) is 0 Å². The minimum Gasteiger partial charge on any atom is -0.429 e. The minimum absolute atomic E-state index is 0.134. The van der Waals surface area contributed by atoms with Crippen molar-refractivity contribution in [3.63, 3.8) is 0 Å². The van der Waals surface area contributed by atoms with Crippen LogP contribution in [0.3, 0.4) is 0 Å². The van der Waals surface area contributed by atoms with Gasteiger partial charge in [-0.25, -0.2) is 9.68 Å². The van der Waals surface area contributed by atoms with Crippen LogP contribution >= 0.6 is 0 Å². The normalized spacial score (nSPS) is 27.2. The van der Waals surface area contributed by atoms with E-state index in [4.69, 9.17) is 4.74 Å². The highest BCUT2D eigenvalue weighted by atomic mass is 17.1. The molecule has 0 aliphatic heterocycles. The van der Waals surface area contributed by atoms with Crippen molar-refractivity contribution in [3.05, 3.63) is 0 Å². The molecule has 1 rings (SSSR count). The lowest BCUT2D eigenvalue weighted by Gasteiger charge is -2.36. The Morgan fingerprint density at radius 1 is 1.13 bits per heavy atom. The molecule has 1 aliphatic carbocycles. The highest BCUT2D eigenvalue weighted by Gasteiger charge is 2.31. The zero-order valence-electron chi connectivity index (χ0n) is 9.62. The van der Waals surface area contributed by atoms with Gasteiger partial charge in [0.2, 0.25) is 0 Å². The maximum Gasteiger partial charge on any atom is 0.543 e. The van der Waals surface area contributed by atoms with E-state index in [1.54, 1.807) is 0 Å². The standard InChI is InChI=1S/C11H19O4/c1-11(2,3)8-4-6-9(7-5-8)14-10(12)15-13/h8-9H,4-7H2,1-3H3. The molecular weight excluding hydrogens is 196 g/mol. The summed E-state index contributed by atoms with van der Waals surface area (Å²) in [6.45, 7) is 6.68. The molecule has 0 heterocycles. The summed E-state index contributed by atoms with van der Waals surface area (Å²) in [5, 5.41) is 9.75. The second-order valence-corrected chi connectivity index (χ2v) is 5.29. The highest BCUT2D eigenvalue weighted by Crippen LogP contribution is 2.38. The van der Waals surface area contributed by atoms with Crippen LogP contribution in [0.4, 0.5) is 4.79 Å². The Morgan fingerprint density at radius 3 is 2.07 bits per heavy atom. The molecule has 0 amide bonds. The first kappa shape index (κ1) is 12.3. The van der Waals surface area contributed by atoms with E-state index in [9.17, 15) is 10.1 Å². The van der Waals surface area contributed by atoms with Crippen LogP contribution in [0.5, 0.6) is 0 Å². The summed E-state index contributed by atoms with van der Waals surface area (Å²) < 4.78 is 4.83. The summed E-state index contributed by atoms with van der Waals surface area (Å²) in [5.74, 6) is 0.667. The van der Waals surface area contributed by atoms with E-state index in [0.717, 1.165) is 25.7 Å². The highest BCUT2D eigenvalue weighted by molar-refractivity contribution is 5.59. The zero-order chi connectivity index (χ0) is 11.5. The fourth-order valence-electron chi connectivity index (χ4n) is 2.20. The van der Waals surface area contributed by atoms with Crippen LogP contribution in [-0.2, 0) is 14.9 Å². The summed E-state index contributed by atoms with van der Waals surface area (Å²) in [6.07, 6.45) is 2.51. The second-order valence-electron chi connectivity index (χ2n) is 5.29. The third-order valence-electron chi connectivity index (χ3n) is 3.23. The molecule has 0 aromatic carbocycles. The van der Waals surface area contributed by atoms with E-state index in [-0.39, 0.29) is 6.10 Å². The van der Waals surface area contributed by atoms with E-state index < -0.39 is 6.16 Å². The van der Waals surface area contributed by atoms with Gasteiger partial charge in [-0.1, -0.05) is 20.8 Å². The number of hydrogen-bond donors (Lipinski definition) is 0. The van der Waals surface area contributed by atoms with Crippen molar-refractivity contribution in [2.45, 2.75) is 52.6 Å². The molecule has 0 aromatic heterocycles. The summed E-state index contributed by atoms with van der Waals surface area (Å²) in [5.41, 5.74) is 0.310. The lowest BCUT2D eigenvalue weighted by atomic mass is 9.72. The first-order valence-corrected chi connectivity index (χ1v) is 5.44. The lowest BCUT2D eigenvalue weighted by Crippen LogP contribution is -2.30. The molecular formula is C11H19O4. The Hall–Kier alpha value is -0.770. The van der Waals surface area contributed by atoms with E-state index in [2.05, 4.69) is 25.7 Å². The Labute approximate surface area is 90.5 Å². The number of carbonyl (C=O) groups excluding carboxylic acids is 1. The van der Waals surface area contributed by atoms with Crippen LogP contribution < -0.4 is 0 Å². The number of hydrogen-bond acceptors (Lipinski definition) is 3. The van der Waals surface area contributed by atoms with Crippen LogP contribution in [0.1, 0.15) is 46.5 Å². The third kappa shape index (κ3) is 3.70. The summed E-state index contributed by atoms with van der Waals surface area (Å²) in [6, 6.07) is 0. The van der Waals surface area contributed by atoms with Crippen LogP contribution in [0.25, 0.3) is 0 Å². The van der Waals surface area contributed by atoms with Crippen LogP contribution in [0, 0.1) is 11.3 Å². The molecule has 0 N–H and O–H groups in total. The van der Waals surface area contributed by atoms with Gasteiger partial charge in [0.25, 0.3) is 0 Å². The Bertz CT molecular complexity index is 211. The lowest BCUT2D eigenvalue weighted by molar-refractivity contribution is -0.264. The van der Waals surface area contributed by atoms with Crippen LogP contribution in [-0.4, -0.2) is 12.3 Å². The minimum atomic E-state index is -1.10. The number of ether oxygens (including phenoxy) is 1. The molecule has 1 aliphatic rings. The Kier molecular flexibility index (Phi) is 3.97. The van der Waals surface area contributed by atoms with E-state index in [1.807, 2.05) is 0 Å². The maximum atomic E-state index is 10.6. The van der Waals surface area contributed by atoms with Crippen molar-refractivity contribution in [1.82, 2.24) is 0 Å². The molecule has 0 aromatic rings. The number of rotatable bonds is 1. The molecule has 0 saturated heterocycles. The van der Waals surface area contributed by atoms with Gasteiger partial charge in [-0.3, -0.25) is 0 Å². The summed E-state index contributed by atoms with van der Waals surface area (Å²) in [7, 11) is 0. The van der Waals surface area contributed by atoms with Crippen molar-refractivity contribution >= 4 is 6.16 Å². The van der Waals surface area contributed by atoms with E-state index in [0.29, 0.717) is 11.3 Å². The SMILES string of the molecule is CC(C)(C)C1CCC(OC(=O)O[O])CC1. The molecule has 1 saturated carbocycles. The fourth-order valence-corrected chi connectivity index (χ4v) is 2.20. The van der Waals surface area contributed by atoms with Crippen molar-refractivity contribution in [2.24, 2.45) is 11.3 Å². The van der Waals surface area contributed by atoms with Crippen molar-refractivity contribution in [1.29, 1.82) is 0 Å². The van der Waals surface area contributed by atoms with Gasteiger partial charge in [-0.05, 0) is 37.0 Å². The zero-order valence-corrected chi connectivity index (χ0v) is 9.62. The Balaban J connectivity index is 2.33. The van der Waals surface area contributed by atoms with Gasteiger partial charge in [0.15, 0.2) is 0 Å². The molecule has 4 nitrogen and oxygen atoms in total. The van der Waals surface area contributed by atoms with Crippen molar-refractivity contribution in [3.8, 4) is 0 Å². The summed E-state index contributed by atoms with van der Waals surface area (Å²) >= 11 is 0. The maximum absolute atomic E-state index is 10.6. The first-order valence-electron chi connectivity index (χ1n) is 5.44. The van der Waals surface area contributed by atoms with Gasteiger partial charge < -0.3 is 4.74 Å². The van der Waals surface area contributed by atoms with Crippen LogP contribution in [0.2, 0.25) is 0 Å². The molecule has 0 bridgehead atoms. The number of carbonyl (C=O) groups is 1. The molecule has 1 radical (unpaired) electrons. The average molecular weight is 215 g/mol. The first-order chi connectivity index (χ1) is 6.93. The van der Waals surface area contributed by atoms with Gasteiger partial charge in [-0.15, -0.1) is 0 Å².